The quantitative estimate of drug-likeness (QED) is 0.122. The number of nitrogens with zero attached hydrogens (tertiary/aromatic N) is 2. The Kier molecular flexibility index (Phi) is 13.2. The Morgan fingerprint density at radius 2 is 0.671 bits per heavy atom. The van der Waals surface area contributed by atoms with Crippen LogP contribution >= 0.6 is 0 Å². The fourth-order valence-corrected chi connectivity index (χ4v) is 12.8. The molecule has 0 atom stereocenters. The largest absolute Gasteiger partial charge is 0.456 e. The summed E-state index contributed by atoms with van der Waals surface area (Å²) in [5, 5.41) is 9.11. The van der Waals surface area contributed by atoms with Crippen LogP contribution < -0.4 is 9.80 Å². The molecule has 0 N–H and O–H groups in total. The van der Waals surface area contributed by atoms with E-state index in [1.165, 1.54) is 78.1 Å². The van der Waals surface area contributed by atoms with Crippen molar-refractivity contribution >= 4 is 99.5 Å². The number of furan rings is 2. The molecule has 406 valence electrons. The molecule has 0 radical (unpaired) electrons. The third-order valence-corrected chi connectivity index (χ3v) is 17.4. The maximum atomic E-state index is 7.32. The van der Waals surface area contributed by atoms with Crippen molar-refractivity contribution in [1.82, 2.24) is 0 Å². The summed E-state index contributed by atoms with van der Waals surface area (Å²) in [6.07, 6.45) is 0. The van der Waals surface area contributed by atoms with E-state index in [2.05, 4.69) is 287 Å². The number of fused-ring (bicyclic) bond motifs is 8. The van der Waals surface area contributed by atoms with Crippen LogP contribution in [0.5, 0.6) is 0 Å². The van der Waals surface area contributed by atoms with Gasteiger partial charge in [0.05, 0.1) is 0 Å². The highest BCUT2D eigenvalue weighted by atomic mass is 16.3. The topological polar surface area (TPSA) is 32.8 Å². The second kappa shape index (κ2) is 20.6. The molecule has 0 unspecified atom stereocenters. The number of hydrogen-bond acceptors (Lipinski definition) is 4. The molecule has 2 heterocycles. The van der Waals surface area contributed by atoms with E-state index < -0.39 is 0 Å². The minimum atomic E-state index is 0.147. The van der Waals surface area contributed by atoms with Crippen molar-refractivity contribution in [3.05, 3.63) is 239 Å². The highest BCUT2D eigenvalue weighted by Crippen LogP contribution is 2.51. The standard InChI is InChI=1S/C78H72N2O2/c1-45(2)55-27-23-49(9)67(39-55)79(69-41-59(29-25-51(69)11)53-19-15-13-16-20-53)63-33-31-57-37-65-71(43-61(57)35-63)81-77-74(48(7)8)76-66-38-58-32-34-64(36-62(58)44-72(66)82-78(76)73(47(5)6)75(65)77)80(68-40-56(46(3)4)28-24-50(68)10)70-42-60(30-26-52(70)12)54-21-17-14-18-22-54/h13-48H,1-12H3. The van der Waals surface area contributed by atoms with Gasteiger partial charge in [-0.15, -0.1) is 0 Å². The van der Waals surface area contributed by atoms with E-state index in [0.717, 1.165) is 88.2 Å². The molecule has 0 aliphatic carbocycles. The minimum absolute atomic E-state index is 0.147. The van der Waals surface area contributed by atoms with Gasteiger partial charge >= 0.3 is 0 Å². The van der Waals surface area contributed by atoms with Crippen LogP contribution in [0, 0.1) is 27.7 Å². The van der Waals surface area contributed by atoms with Gasteiger partial charge in [-0.05, 0) is 201 Å². The second-order valence-electron chi connectivity index (χ2n) is 24.3. The van der Waals surface area contributed by atoms with E-state index in [9.17, 15) is 0 Å². The van der Waals surface area contributed by atoms with Gasteiger partial charge in [-0.1, -0.05) is 177 Å². The molecule has 13 aromatic rings. The number of hydrogen-bond donors (Lipinski definition) is 0. The molecule has 4 nitrogen and oxygen atoms in total. The molecular formula is C78H72N2O2. The average Bonchev–Trinajstić information content (AvgIpc) is 4.25. The van der Waals surface area contributed by atoms with Gasteiger partial charge in [0.25, 0.3) is 0 Å². The van der Waals surface area contributed by atoms with Gasteiger partial charge in [0.2, 0.25) is 0 Å². The van der Waals surface area contributed by atoms with Crippen LogP contribution in [0.15, 0.2) is 203 Å². The lowest BCUT2D eigenvalue weighted by atomic mass is 9.87. The van der Waals surface area contributed by atoms with E-state index in [0.29, 0.717) is 11.8 Å². The minimum Gasteiger partial charge on any atom is -0.456 e. The average molecular weight is 1070 g/mol. The Morgan fingerprint density at radius 3 is 1.04 bits per heavy atom. The van der Waals surface area contributed by atoms with Crippen molar-refractivity contribution in [2.45, 2.75) is 107 Å². The predicted molar refractivity (Wildman–Crippen MR) is 352 cm³/mol. The molecule has 0 spiro atoms. The molecule has 11 aromatic carbocycles. The Morgan fingerprint density at radius 1 is 0.305 bits per heavy atom. The van der Waals surface area contributed by atoms with E-state index in [-0.39, 0.29) is 11.8 Å². The summed E-state index contributed by atoms with van der Waals surface area (Å²) >= 11 is 0. The van der Waals surface area contributed by atoms with Crippen LogP contribution in [0.4, 0.5) is 34.1 Å². The van der Waals surface area contributed by atoms with Crippen molar-refractivity contribution in [2.24, 2.45) is 0 Å². The maximum Gasteiger partial charge on any atom is 0.140 e. The maximum absolute atomic E-state index is 7.32. The molecule has 82 heavy (non-hydrogen) atoms. The lowest BCUT2D eigenvalue weighted by molar-refractivity contribution is 0.649. The molecule has 4 heteroatoms. The van der Waals surface area contributed by atoms with Gasteiger partial charge in [0, 0.05) is 66.8 Å². The number of benzene rings is 11. The highest BCUT2D eigenvalue weighted by Gasteiger charge is 2.29. The number of rotatable bonds is 12. The predicted octanol–water partition coefficient (Wildman–Crippen LogP) is 23.8. The molecule has 0 saturated carbocycles. The van der Waals surface area contributed by atoms with Crippen LogP contribution in [0.1, 0.15) is 124 Å². The van der Waals surface area contributed by atoms with Crippen LogP contribution in [0.25, 0.3) is 87.7 Å². The molecule has 0 aliphatic rings. The SMILES string of the molecule is Cc1ccc(-c2ccccc2)cc1N(c1ccc2cc3c(cc2c1)oc1c(C(C)C)c2c(oc4cc5cc(N(c6cc(-c7ccccc7)ccc6C)c6cc(C(C)C)ccc6C)ccc5cc42)c(C(C)C)c13)c1cc(C(C)C)ccc1C. The van der Waals surface area contributed by atoms with Crippen LogP contribution in [-0.2, 0) is 0 Å². The van der Waals surface area contributed by atoms with Crippen molar-refractivity contribution in [1.29, 1.82) is 0 Å². The van der Waals surface area contributed by atoms with E-state index >= 15 is 0 Å². The van der Waals surface area contributed by atoms with Gasteiger partial charge in [-0.2, -0.15) is 0 Å². The summed E-state index contributed by atoms with van der Waals surface area (Å²) in [6, 6.07) is 72.2. The molecule has 0 amide bonds. The molecule has 0 bridgehead atoms. The normalized spacial score (nSPS) is 12.1. The van der Waals surface area contributed by atoms with E-state index in [1.54, 1.807) is 0 Å². The van der Waals surface area contributed by atoms with Crippen molar-refractivity contribution < 1.29 is 8.83 Å². The molecule has 0 saturated heterocycles. The van der Waals surface area contributed by atoms with Gasteiger partial charge in [0.1, 0.15) is 22.3 Å². The Labute approximate surface area is 483 Å². The van der Waals surface area contributed by atoms with Crippen LogP contribution in [-0.4, -0.2) is 0 Å². The van der Waals surface area contributed by atoms with Gasteiger partial charge in [-0.3, -0.25) is 0 Å². The van der Waals surface area contributed by atoms with Crippen molar-refractivity contribution in [2.75, 3.05) is 9.80 Å². The monoisotopic (exact) mass is 1070 g/mol. The van der Waals surface area contributed by atoms with Gasteiger partial charge in [-0.25, -0.2) is 0 Å². The zero-order chi connectivity index (χ0) is 56.8. The Bertz CT molecular complexity index is 4330. The fraction of sp³-hybridized carbons (Fsp3) is 0.205. The fourth-order valence-electron chi connectivity index (χ4n) is 12.8. The third-order valence-electron chi connectivity index (χ3n) is 17.4. The zero-order valence-corrected chi connectivity index (χ0v) is 49.5. The molecule has 13 rings (SSSR count). The van der Waals surface area contributed by atoms with Crippen molar-refractivity contribution in [3.63, 3.8) is 0 Å². The summed E-state index contributed by atoms with van der Waals surface area (Å²) in [7, 11) is 0. The smallest absolute Gasteiger partial charge is 0.140 e. The highest BCUT2D eigenvalue weighted by molar-refractivity contribution is 6.22. The first-order valence-electron chi connectivity index (χ1n) is 29.5. The molecule has 2 aromatic heterocycles. The lowest BCUT2D eigenvalue weighted by Gasteiger charge is -2.30. The van der Waals surface area contributed by atoms with E-state index in [1.807, 2.05) is 0 Å². The van der Waals surface area contributed by atoms with E-state index in [4.69, 9.17) is 8.83 Å². The summed E-state index contributed by atoms with van der Waals surface area (Å²) in [6.45, 7) is 27.2. The summed E-state index contributed by atoms with van der Waals surface area (Å²) in [5.41, 5.74) is 25.2. The molecule has 0 aliphatic heterocycles. The second-order valence-corrected chi connectivity index (χ2v) is 24.3. The summed E-state index contributed by atoms with van der Waals surface area (Å²) in [5.74, 6) is 1.06. The zero-order valence-electron chi connectivity index (χ0n) is 49.5. The first-order chi connectivity index (χ1) is 39.6. The van der Waals surface area contributed by atoms with Crippen molar-refractivity contribution in [3.8, 4) is 22.3 Å². The number of anilines is 6. The van der Waals surface area contributed by atoms with Crippen LogP contribution in [0.2, 0.25) is 0 Å². The Hall–Kier alpha value is -8.86. The summed E-state index contributed by atoms with van der Waals surface area (Å²) < 4.78 is 14.6. The van der Waals surface area contributed by atoms with Gasteiger partial charge in [0.15, 0.2) is 0 Å². The van der Waals surface area contributed by atoms with Gasteiger partial charge < -0.3 is 18.6 Å². The molecular weight excluding hydrogens is 997 g/mol. The summed E-state index contributed by atoms with van der Waals surface area (Å²) in [4.78, 5) is 4.94. The molecule has 0 fully saturated rings. The number of aryl methyl sites for hydroxylation is 4. The first kappa shape index (κ1) is 52.5. The van der Waals surface area contributed by atoms with Crippen LogP contribution in [0.3, 0.4) is 0 Å². The third kappa shape index (κ3) is 9.01. The lowest BCUT2D eigenvalue weighted by Crippen LogP contribution is -2.13. The first-order valence-corrected chi connectivity index (χ1v) is 29.5. The Balaban J connectivity index is 0.980.